The maximum absolute atomic E-state index is 12.3. The van der Waals surface area contributed by atoms with Crippen molar-refractivity contribution in [1.29, 1.82) is 0 Å². The highest BCUT2D eigenvalue weighted by Gasteiger charge is 2.36. The quantitative estimate of drug-likeness (QED) is 0.758. The first-order chi connectivity index (χ1) is 13.7. The van der Waals surface area contributed by atoms with Gasteiger partial charge in [0.05, 0.1) is 12.7 Å². The molecule has 3 rings (SSSR count). The lowest BCUT2D eigenvalue weighted by molar-refractivity contribution is -0.274. The van der Waals surface area contributed by atoms with Gasteiger partial charge in [-0.1, -0.05) is 35.9 Å². The summed E-state index contributed by atoms with van der Waals surface area (Å²) in [5.74, 6) is -0.871. The molecule has 0 spiro atoms. The van der Waals surface area contributed by atoms with Gasteiger partial charge in [-0.05, 0) is 41.3 Å². The molecule has 1 aliphatic heterocycles. The van der Waals surface area contributed by atoms with Crippen molar-refractivity contribution >= 4 is 17.4 Å². The van der Waals surface area contributed by atoms with E-state index in [1.807, 2.05) is 0 Å². The minimum absolute atomic E-state index is 0.0554. The van der Waals surface area contributed by atoms with E-state index >= 15 is 0 Å². The van der Waals surface area contributed by atoms with Crippen molar-refractivity contribution in [1.82, 2.24) is 0 Å². The third-order valence-electron chi connectivity index (χ3n) is 4.57. The Bertz CT molecular complexity index is 869. The number of carbonyl (C=O) groups is 1. The number of carbonyl (C=O) groups excluding carboxylic acids is 1. The molecule has 3 atom stereocenters. The molecule has 0 bridgehead atoms. The molecule has 29 heavy (non-hydrogen) atoms. The summed E-state index contributed by atoms with van der Waals surface area (Å²) >= 11 is 6.25. The summed E-state index contributed by atoms with van der Waals surface area (Å²) in [6.45, 7) is -0.529. The van der Waals surface area contributed by atoms with Gasteiger partial charge in [0.15, 0.2) is 5.78 Å². The van der Waals surface area contributed by atoms with Crippen LogP contribution in [0.1, 0.15) is 29.2 Å². The maximum Gasteiger partial charge on any atom is 0.573 e. The lowest BCUT2D eigenvalue weighted by Gasteiger charge is -2.31. The summed E-state index contributed by atoms with van der Waals surface area (Å²) < 4.78 is 46.2. The number of benzene rings is 2. The monoisotopic (exact) mass is 430 g/mol. The predicted octanol–water partition coefficient (Wildman–Crippen LogP) is 3.58. The number of ketones is 1. The zero-order chi connectivity index (χ0) is 21.2. The highest BCUT2D eigenvalue weighted by Crippen LogP contribution is 2.33. The van der Waals surface area contributed by atoms with Crippen molar-refractivity contribution in [2.24, 2.45) is 0 Å². The number of Topliss-reactive ketones (excluding diaryl/α,β-unsaturated/α-hetero) is 1. The van der Waals surface area contributed by atoms with Crippen molar-refractivity contribution in [2.45, 2.75) is 37.5 Å². The second-order valence-electron chi connectivity index (χ2n) is 6.67. The number of rotatable bonds is 5. The van der Waals surface area contributed by atoms with Crippen LogP contribution in [0.15, 0.2) is 42.5 Å². The SMILES string of the molecule is O=C1[C@H](O)C[C@H](c2ccc(Cl)c(Cc3ccc(OC(F)(F)F)cc3)c2)O[C@@H]1CO. The van der Waals surface area contributed by atoms with Gasteiger partial charge in [-0.25, -0.2) is 0 Å². The van der Waals surface area contributed by atoms with E-state index < -0.39 is 37.1 Å². The van der Waals surface area contributed by atoms with E-state index in [1.54, 1.807) is 18.2 Å². The minimum atomic E-state index is -4.75. The second-order valence-corrected chi connectivity index (χ2v) is 7.08. The van der Waals surface area contributed by atoms with Crippen LogP contribution in [0.4, 0.5) is 13.2 Å². The fourth-order valence-electron chi connectivity index (χ4n) is 3.16. The van der Waals surface area contributed by atoms with Gasteiger partial charge < -0.3 is 19.7 Å². The first-order valence-corrected chi connectivity index (χ1v) is 9.15. The van der Waals surface area contributed by atoms with Crippen molar-refractivity contribution in [2.75, 3.05) is 6.61 Å². The van der Waals surface area contributed by atoms with Gasteiger partial charge in [-0.15, -0.1) is 13.2 Å². The summed E-state index contributed by atoms with van der Waals surface area (Å²) in [4.78, 5) is 11.8. The average Bonchev–Trinajstić information content (AvgIpc) is 2.66. The van der Waals surface area contributed by atoms with Gasteiger partial charge >= 0.3 is 6.36 Å². The second kappa shape index (κ2) is 8.71. The largest absolute Gasteiger partial charge is 0.573 e. The summed E-state index contributed by atoms with van der Waals surface area (Å²) in [5, 5.41) is 19.6. The van der Waals surface area contributed by atoms with Crippen molar-refractivity contribution in [3.8, 4) is 5.75 Å². The molecular formula is C20H18ClF3O5. The Hall–Kier alpha value is -2.13. The van der Waals surface area contributed by atoms with Crippen LogP contribution in [0, 0.1) is 0 Å². The number of ether oxygens (including phenoxy) is 2. The van der Waals surface area contributed by atoms with E-state index in [1.165, 1.54) is 24.3 Å². The van der Waals surface area contributed by atoms with Crippen LogP contribution >= 0.6 is 11.6 Å². The van der Waals surface area contributed by atoms with Crippen LogP contribution in [0.25, 0.3) is 0 Å². The van der Waals surface area contributed by atoms with Crippen LogP contribution < -0.4 is 4.74 Å². The molecule has 9 heteroatoms. The molecule has 1 fully saturated rings. The zero-order valence-corrected chi connectivity index (χ0v) is 15.8. The summed E-state index contributed by atoms with van der Waals surface area (Å²) in [6.07, 6.45) is -7.28. The first kappa shape index (κ1) is 21.6. The molecule has 0 radical (unpaired) electrons. The van der Waals surface area contributed by atoms with E-state index in [4.69, 9.17) is 16.3 Å². The van der Waals surface area contributed by atoms with Crippen LogP contribution in [0.2, 0.25) is 5.02 Å². The molecule has 5 nitrogen and oxygen atoms in total. The fraction of sp³-hybridized carbons (Fsp3) is 0.350. The lowest BCUT2D eigenvalue weighted by atomic mass is 9.93. The Kier molecular flexibility index (Phi) is 6.48. The maximum atomic E-state index is 12.3. The highest BCUT2D eigenvalue weighted by molar-refractivity contribution is 6.31. The molecule has 0 aliphatic carbocycles. The fourth-order valence-corrected chi connectivity index (χ4v) is 3.35. The molecule has 1 heterocycles. The van der Waals surface area contributed by atoms with Crippen molar-refractivity contribution < 1.29 is 37.7 Å². The first-order valence-electron chi connectivity index (χ1n) is 8.77. The summed E-state index contributed by atoms with van der Waals surface area (Å²) in [6, 6.07) is 10.6. The Morgan fingerprint density at radius 3 is 2.48 bits per heavy atom. The number of alkyl halides is 3. The molecular weight excluding hydrogens is 413 g/mol. The Morgan fingerprint density at radius 1 is 1.17 bits per heavy atom. The number of halogens is 4. The van der Waals surface area contributed by atoms with E-state index in [2.05, 4.69) is 4.74 Å². The molecule has 0 saturated carbocycles. The Labute approximate surface area is 169 Å². The summed E-state index contributed by atoms with van der Waals surface area (Å²) in [5.41, 5.74) is 2.09. The van der Waals surface area contributed by atoms with Crippen molar-refractivity contribution in [3.63, 3.8) is 0 Å². The number of aliphatic hydroxyl groups excluding tert-OH is 2. The van der Waals surface area contributed by atoms with E-state index in [-0.39, 0.29) is 12.2 Å². The van der Waals surface area contributed by atoms with Gasteiger partial charge in [-0.3, -0.25) is 4.79 Å². The van der Waals surface area contributed by atoms with Gasteiger partial charge in [0, 0.05) is 11.4 Å². The van der Waals surface area contributed by atoms with Gasteiger partial charge in [0.2, 0.25) is 0 Å². The van der Waals surface area contributed by atoms with E-state index in [9.17, 15) is 28.2 Å². The van der Waals surface area contributed by atoms with Gasteiger partial charge in [0.25, 0.3) is 0 Å². The third kappa shape index (κ3) is 5.48. The third-order valence-corrected chi connectivity index (χ3v) is 4.94. The predicted molar refractivity (Wildman–Crippen MR) is 97.7 cm³/mol. The van der Waals surface area contributed by atoms with Gasteiger partial charge in [-0.2, -0.15) is 0 Å². The van der Waals surface area contributed by atoms with Crippen molar-refractivity contribution in [3.05, 3.63) is 64.2 Å². The molecule has 2 aromatic carbocycles. The average molecular weight is 431 g/mol. The molecule has 156 valence electrons. The molecule has 2 N–H and O–H groups in total. The molecule has 0 aromatic heterocycles. The lowest BCUT2D eigenvalue weighted by Crippen LogP contribution is -2.43. The van der Waals surface area contributed by atoms with Crippen LogP contribution in [-0.4, -0.2) is 41.2 Å². The van der Waals surface area contributed by atoms with E-state index in [0.717, 1.165) is 0 Å². The number of hydrogen-bond donors (Lipinski definition) is 2. The van der Waals surface area contributed by atoms with Gasteiger partial charge in [0.1, 0.15) is 18.0 Å². The minimum Gasteiger partial charge on any atom is -0.406 e. The molecule has 0 amide bonds. The Balaban J connectivity index is 1.76. The van der Waals surface area contributed by atoms with E-state index in [0.29, 0.717) is 28.1 Å². The normalized spacial score (nSPS) is 22.6. The summed E-state index contributed by atoms with van der Waals surface area (Å²) in [7, 11) is 0. The molecule has 1 aliphatic rings. The van der Waals surface area contributed by atoms with Crippen LogP contribution in [0.5, 0.6) is 5.75 Å². The molecule has 1 saturated heterocycles. The zero-order valence-electron chi connectivity index (χ0n) is 15.0. The smallest absolute Gasteiger partial charge is 0.406 e. The highest BCUT2D eigenvalue weighted by atomic mass is 35.5. The number of hydrogen-bond acceptors (Lipinski definition) is 5. The standard InChI is InChI=1S/C20H18ClF3O5/c21-15-6-3-12(17-9-16(26)19(27)18(10-25)28-17)8-13(15)7-11-1-4-14(5-2-11)29-20(22,23)24/h1-6,8,16-18,25-26H,7,9-10H2/t16-,17-,18-/m1/s1. The van der Waals surface area contributed by atoms with Crippen LogP contribution in [0.3, 0.4) is 0 Å². The molecule has 2 aromatic rings. The van der Waals surface area contributed by atoms with Crippen LogP contribution in [-0.2, 0) is 16.0 Å². The molecule has 0 unspecified atom stereocenters. The Morgan fingerprint density at radius 2 is 1.86 bits per heavy atom. The number of aliphatic hydroxyl groups is 2. The topological polar surface area (TPSA) is 76.0 Å².